The number of carbonyl (C=O) groups excluding carboxylic acids is 1. The van der Waals surface area contributed by atoms with Crippen molar-refractivity contribution < 1.29 is 9.53 Å². The van der Waals surface area contributed by atoms with Crippen LogP contribution in [-0.4, -0.2) is 76.9 Å². The lowest BCUT2D eigenvalue weighted by atomic mass is 10.0. The van der Waals surface area contributed by atoms with Gasteiger partial charge in [0.25, 0.3) is 0 Å². The average Bonchev–Trinajstić information content (AvgIpc) is 3.56. The first-order valence-electron chi connectivity index (χ1n) is 14.1. The molecule has 1 amide bonds. The van der Waals surface area contributed by atoms with Gasteiger partial charge in [-0.15, -0.1) is 0 Å². The zero-order chi connectivity index (χ0) is 26.4. The minimum Gasteiger partial charge on any atom is -0.379 e. The van der Waals surface area contributed by atoms with Crippen molar-refractivity contribution in [2.24, 2.45) is 18.1 Å². The first-order chi connectivity index (χ1) is 18.0. The molecule has 3 aliphatic rings. The van der Waals surface area contributed by atoms with Gasteiger partial charge >= 0.3 is 0 Å². The summed E-state index contributed by atoms with van der Waals surface area (Å²) in [6.07, 6.45) is 9.25. The summed E-state index contributed by atoms with van der Waals surface area (Å²) in [6, 6.07) is 7.10. The van der Waals surface area contributed by atoms with Crippen LogP contribution in [0, 0.1) is 5.92 Å². The molecule has 8 nitrogen and oxygen atoms in total. The van der Waals surface area contributed by atoms with Crippen LogP contribution in [0.5, 0.6) is 0 Å². The lowest BCUT2D eigenvalue weighted by Crippen LogP contribution is -2.43. The molecule has 1 fully saturated rings. The molecular formula is C29H44N6O2. The van der Waals surface area contributed by atoms with Gasteiger partial charge in [0, 0.05) is 70.1 Å². The Morgan fingerprint density at radius 2 is 1.92 bits per heavy atom. The van der Waals surface area contributed by atoms with E-state index < -0.39 is 0 Å². The summed E-state index contributed by atoms with van der Waals surface area (Å²) in [4.78, 5) is 16.8. The third-order valence-corrected chi connectivity index (χ3v) is 7.52. The van der Waals surface area contributed by atoms with E-state index in [1.165, 1.54) is 16.8 Å². The number of fused-ring (bicyclic) bond motifs is 1. The predicted octanol–water partition coefficient (Wildman–Crippen LogP) is 4.55. The fourth-order valence-corrected chi connectivity index (χ4v) is 5.58. The van der Waals surface area contributed by atoms with Gasteiger partial charge in [-0.1, -0.05) is 26.8 Å². The smallest absolute Gasteiger partial charge is 0.219 e. The van der Waals surface area contributed by atoms with Crippen molar-refractivity contribution in [1.29, 1.82) is 0 Å². The molecule has 0 saturated carbocycles. The summed E-state index contributed by atoms with van der Waals surface area (Å²) < 4.78 is 7.57. The third-order valence-electron chi connectivity index (χ3n) is 7.52. The van der Waals surface area contributed by atoms with Crippen molar-refractivity contribution in [2.45, 2.75) is 65.8 Å². The molecule has 8 heteroatoms. The van der Waals surface area contributed by atoms with E-state index in [4.69, 9.17) is 9.84 Å². The second kappa shape index (κ2) is 12.6. The summed E-state index contributed by atoms with van der Waals surface area (Å²) in [6.45, 7) is 12.7. The van der Waals surface area contributed by atoms with E-state index in [9.17, 15) is 4.79 Å². The van der Waals surface area contributed by atoms with Crippen LogP contribution in [0.1, 0.15) is 58.9 Å². The van der Waals surface area contributed by atoms with Crippen LogP contribution in [0.15, 0.2) is 35.7 Å². The molecule has 2 aromatic rings. The Hall–Kier alpha value is -2.87. The average molecular weight is 509 g/mol. The van der Waals surface area contributed by atoms with Crippen LogP contribution in [0.3, 0.4) is 0 Å². The number of nitrogens with zero attached hydrogens (tertiary/aromatic N) is 6. The zero-order valence-electron chi connectivity index (χ0n) is 23.3. The van der Waals surface area contributed by atoms with Gasteiger partial charge in [-0.05, 0) is 55.4 Å². The molecule has 1 aromatic carbocycles. The Morgan fingerprint density at radius 1 is 1.08 bits per heavy atom. The van der Waals surface area contributed by atoms with Crippen molar-refractivity contribution in [1.82, 2.24) is 19.7 Å². The van der Waals surface area contributed by atoms with Crippen molar-refractivity contribution in [3.05, 3.63) is 36.2 Å². The molecule has 0 aliphatic carbocycles. The SMILES string of the molecule is CC.CC(=O)N1CCCN([C@H]2CCOC2)/N=C(/N2CCCCc3cc(-c4cnn(C)c4)ccc32)C(C)C1. The van der Waals surface area contributed by atoms with E-state index in [1.807, 2.05) is 36.7 Å². The fraction of sp³-hybridized carbons (Fsp3) is 0.621. The molecular weight excluding hydrogens is 464 g/mol. The van der Waals surface area contributed by atoms with Crippen LogP contribution >= 0.6 is 0 Å². The van der Waals surface area contributed by atoms with Crippen molar-refractivity contribution in [3.8, 4) is 11.1 Å². The second-order valence-electron chi connectivity index (χ2n) is 10.2. The molecule has 0 spiro atoms. The molecule has 1 aromatic heterocycles. The number of aromatic nitrogens is 2. The van der Waals surface area contributed by atoms with E-state index in [0.717, 1.165) is 76.4 Å². The Balaban J connectivity index is 0.00000156. The Morgan fingerprint density at radius 3 is 2.62 bits per heavy atom. The molecule has 1 saturated heterocycles. The molecule has 0 radical (unpaired) electrons. The predicted molar refractivity (Wildman–Crippen MR) is 150 cm³/mol. The number of carbonyl (C=O) groups is 1. The van der Waals surface area contributed by atoms with Gasteiger partial charge in [-0.25, -0.2) is 0 Å². The largest absolute Gasteiger partial charge is 0.379 e. The van der Waals surface area contributed by atoms with Crippen LogP contribution < -0.4 is 4.90 Å². The first-order valence-corrected chi connectivity index (χ1v) is 14.1. The number of benzene rings is 1. The Kier molecular flexibility index (Phi) is 9.24. The molecule has 5 rings (SSSR count). The van der Waals surface area contributed by atoms with Gasteiger partial charge in [0.1, 0.15) is 5.84 Å². The van der Waals surface area contributed by atoms with Gasteiger partial charge < -0.3 is 14.5 Å². The molecule has 3 aliphatic heterocycles. The topological polar surface area (TPSA) is 66.2 Å². The van der Waals surface area contributed by atoms with Crippen molar-refractivity contribution in [3.63, 3.8) is 0 Å². The molecule has 4 heterocycles. The lowest BCUT2D eigenvalue weighted by molar-refractivity contribution is -0.129. The highest BCUT2D eigenvalue weighted by Crippen LogP contribution is 2.33. The summed E-state index contributed by atoms with van der Waals surface area (Å²) in [5.74, 6) is 1.35. The highest BCUT2D eigenvalue weighted by molar-refractivity contribution is 6.00. The molecule has 202 valence electrons. The van der Waals surface area contributed by atoms with Crippen LogP contribution in [-0.2, 0) is 23.0 Å². The maximum absolute atomic E-state index is 12.4. The fourth-order valence-electron chi connectivity index (χ4n) is 5.58. The lowest BCUT2D eigenvalue weighted by Gasteiger charge is -2.33. The third kappa shape index (κ3) is 6.35. The highest BCUT2D eigenvalue weighted by Gasteiger charge is 2.30. The molecule has 0 N–H and O–H groups in total. The Bertz CT molecular complexity index is 1070. The maximum atomic E-state index is 12.4. The summed E-state index contributed by atoms with van der Waals surface area (Å²) in [7, 11) is 1.96. The van der Waals surface area contributed by atoms with Gasteiger partial charge in [0.2, 0.25) is 5.91 Å². The number of ether oxygens (including phenoxy) is 1. The van der Waals surface area contributed by atoms with Gasteiger partial charge in [-0.2, -0.15) is 10.2 Å². The van der Waals surface area contributed by atoms with E-state index in [2.05, 4.69) is 46.3 Å². The van der Waals surface area contributed by atoms with E-state index in [-0.39, 0.29) is 11.8 Å². The standard InChI is InChI=1S/C27H38N6O2.C2H6/c1-20-17-31(21(2)34)11-6-13-33(25-10-14-35-19-25)29-27(20)32-12-5-4-7-23-15-22(8-9-26(23)32)24-16-28-30(3)18-24;1-2/h8-9,15-16,18,20,25H,4-7,10-14,17,19H2,1-3H3;1-2H3/b29-27+;/t20?,25-;/m0./s1. The van der Waals surface area contributed by atoms with Crippen LogP contribution in [0.4, 0.5) is 5.69 Å². The zero-order valence-corrected chi connectivity index (χ0v) is 23.3. The summed E-state index contributed by atoms with van der Waals surface area (Å²) in [5.41, 5.74) is 4.95. The minimum absolute atomic E-state index is 0.130. The normalized spacial score (nSPS) is 24.0. The van der Waals surface area contributed by atoms with Crippen LogP contribution in [0.2, 0.25) is 0 Å². The highest BCUT2D eigenvalue weighted by atomic mass is 16.5. The van der Waals surface area contributed by atoms with Crippen molar-refractivity contribution in [2.75, 3.05) is 44.3 Å². The minimum atomic E-state index is 0.130. The number of amides is 1. The van der Waals surface area contributed by atoms with Gasteiger partial charge in [0.15, 0.2) is 0 Å². The number of hydrogen-bond donors (Lipinski definition) is 0. The Labute approximate surface area is 222 Å². The van der Waals surface area contributed by atoms with E-state index >= 15 is 0 Å². The monoisotopic (exact) mass is 508 g/mol. The number of aryl methyl sites for hydroxylation is 2. The number of amidine groups is 1. The van der Waals surface area contributed by atoms with Gasteiger partial charge in [0.05, 0.1) is 18.8 Å². The quantitative estimate of drug-likeness (QED) is 0.596. The molecule has 0 bridgehead atoms. The maximum Gasteiger partial charge on any atom is 0.219 e. The molecule has 2 atom stereocenters. The number of rotatable bonds is 2. The number of hydrogen-bond acceptors (Lipinski definition) is 6. The van der Waals surface area contributed by atoms with Crippen molar-refractivity contribution >= 4 is 17.4 Å². The summed E-state index contributed by atoms with van der Waals surface area (Å²) >= 11 is 0. The molecule has 1 unspecified atom stereocenters. The summed E-state index contributed by atoms with van der Waals surface area (Å²) in [5, 5.41) is 12.0. The number of hydrazone groups is 1. The second-order valence-corrected chi connectivity index (χ2v) is 10.2. The van der Waals surface area contributed by atoms with E-state index in [1.54, 1.807) is 6.92 Å². The van der Waals surface area contributed by atoms with E-state index in [0.29, 0.717) is 12.6 Å². The van der Waals surface area contributed by atoms with Gasteiger partial charge in [-0.3, -0.25) is 14.5 Å². The first kappa shape index (κ1) is 27.2. The molecule has 37 heavy (non-hydrogen) atoms. The van der Waals surface area contributed by atoms with Crippen LogP contribution in [0.25, 0.3) is 11.1 Å². The number of anilines is 1.